The number of nitrogens with zero attached hydrogens (tertiary/aromatic N) is 3. The van der Waals surface area contributed by atoms with Crippen LogP contribution in [0.25, 0.3) is 0 Å². The lowest BCUT2D eigenvalue weighted by Gasteiger charge is -2.07. The third kappa shape index (κ3) is 2.46. The molecule has 1 aromatic heterocycles. The van der Waals surface area contributed by atoms with E-state index in [9.17, 15) is 14.7 Å². The number of hydrogen-bond donors (Lipinski definition) is 1. The third-order valence-corrected chi connectivity index (χ3v) is 2.72. The van der Waals surface area contributed by atoms with Crippen LogP contribution in [-0.2, 0) is 14.1 Å². The predicted molar refractivity (Wildman–Crippen MR) is 65.9 cm³/mol. The molecule has 0 amide bonds. The first-order valence-corrected chi connectivity index (χ1v) is 5.42. The molecular formula is C11H17N3O3. The number of aromatic hydroxyl groups is 1. The molecule has 0 spiro atoms. The van der Waals surface area contributed by atoms with Gasteiger partial charge in [0, 0.05) is 26.4 Å². The van der Waals surface area contributed by atoms with Crippen LogP contribution in [0.1, 0.15) is 25.8 Å². The standard InChI is InChI=1S/C11H17N3O3/c1-5-7(2)12-6-8-9(15)13(3)11(17)14(4)10(8)16/h6-7,15H,5H2,1-4H3/t7-/m0/s1. The highest BCUT2D eigenvalue weighted by Gasteiger charge is 2.12. The molecule has 0 aliphatic rings. The number of rotatable bonds is 3. The van der Waals surface area contributed by atoms with E-state index in [-0.39, 0.29) is 17.5 Å². The lowest BCUT2D eigenvalue weighted by atomic mass is 10.2. The van der Waals surface area contributed by atoms with Crippen LogP contribution in [0.3, 0.4) is 0 Å². The Balaban J connectivity index is 3.41. The maximum Gasteiger partial charge on any atom is 0.333 e. The molecule has 1 aromatic rings. The van der Waals surface area contributed by atoms with E-state index in [1.54, 1.807) is 0 Å². The van der Waals surface area contributed by atoms with Gasteiger partial charge in [0.15, 0.2) is 0 Å². The Hall–Kier alpha value is -1.85. The van der Waals surface area contributed by atoms with Crippen LogP contribution in [0.4, 0.5) is 0 Å². The summed E-state index contributed by atoms with van der Waals surface area (Å²) in [6, 6.07) is 0.0661. The summed E-state index contributed by atoms with van der Waals surface area (Å²) in [5.74, 6) is -0.356. The average Bonchev–Trinajstić information content (AvgIpc) is 2.33. The summed E-state index contributed by atoms with van der Waals surface area (Å²) in [6.07, 6.45) is 2.16. The molecule has 0 fully saturated rings. The molecule has 0 saturated heterocycles. The van der Waals surface area contributed by atoms with E-state index in [1.165, 1.54) is 20.3 Å². The van der Waals surface area contributed by atoms with Crippen LogP contribution in [0, 0.1) is 0 Å². The van der Waals surface area contributed by atoms with E-state index in [1.807, 2.05) is 13.8 Å². The van der Waals surface area contributed by atoms with E-state index in [4.69, 9.17) is 0 Å². The minimum atomic E-state index is -0.562. The van der Waals surface area contributed by atoms with Crippen LogP contribution in [0.5, 0.6) is 5.88 Å². The van der Waals surface area contributed by atoms with Crippen molar-refractivity contribution in [2.24, 2.45) is 19.1 Å². The molecule has 1 heterocycles. The summed E-state index contributed by atoms with van der Waals surface area (Å²) < 4.78 is 1.96. The molecule has 1 rings (SSSR count). The van der Waals surface area contributed by atoms with Crippen LogP contribution in [0.2, 0.25) is 0 Å². The Morgan fingerprint density at radius 1 is 1.35 bits per heavy atom. The lowest BCUT2D eigenvalue weighted by Crippen LogP contribution is -2.38. The van der Waals surface area contributed by atoms with Crippen molar-refractivity contribution >= 4 is 6.21 Å². The second-order valence-corrected chi connectivity index (χ2v) is 3.98. The zero-order valence-electron chi connectivity index (χ0n) is 10.5. The molecule has 0 aromatic carbocycles. The van der Waals surface area contributed by atoms with Gasteiger partial charge in [-0.15, -0.1) is 0 Å². The molecule has 0 saturated carbocycles. The van der Waals surface area contributed by atoms with Gasteiger partial charge in [-0.2, -0.15) is 0 Å². The highest BCUT2D eigenvalue weighted by molar-refractivity contribution is 5.82. The van der Waals surface area contributed by atoms with Gasteiger partial charge in [-0.3, -0.25) is 18.9 Å². The van der Waals surface area contributed by atoms with Crippen LogP contribution < -0.4 is 11.2 Å². The molecule has 0 aliphatic heterocycles. The molecule has 94 valence electrons. The fourth-order valence-electron chi connectivity index (χ4n) is 1.28. The van der Waals surface area contributed by atoms with Crippen molar-refractivity contribution in [3.8, 4) is 5.88 Å². The Kier molecular flexibility index (Phi) is 3.88. The van der Waals surface area contributed by atoms with Crippen LogP contribution in [-0.4, -0.2) is 26.5 Å². The second-order valence-electron chi connectivity index (χ2n) is 3.98. The van der Waals surface area contributed by atoms with Gasteiger partial charge in [-0.1, -0.05) is 6.92 Å². The SMILES string of the molecule is CC[C@H](C)N=Cc1c(O)n(C)c(=O)n(C)c1=O. The van der Waals surface area contributed by atoms with Crippen LogP contribution >= 0.6 is 0 Å². The van der Waals surface area contributed by atoms with E-state index in [2.05, 4.69) is 4.99 Å². The van der Waals surface area contributed by atoms with Crippen molar-refractivity contribution in [3.63, 3.8) is 0 Å². The lowest BCUT2D eigenvalue weighted by molar-refractivity contribution is 0.410. The Morgan fingerprint density at radius 3 is 2.47 bits per heavy atom. The van der Waals surface area contributed by atoms with Crippen molar-refractivity contribution < 1.29 is 5.11 Å². The van der Waals surface area contributed by atoms with Gasteiger partial charge in [0.1, 0.15) is 5.56 Å². The Bertz CT molecular complexity index is 554. The molecule has 0 unspecified atom stereocenters. The maximum atomic E-state index is 11.8. The van der Waals surface area contributed by atoms with Gasteiger partial charge in [-0.25, -0.2) is 4.79 Å². The van der Waals surface area contributed by atoms with E-state index in [0.717, 1.165) is 15.6 Å². The van der Waals surface area contributed by atoms with Gasteiger partial charge >= 0.3 is 5.69 Å². The second kappa shape index (κ2) is 4.99. The zero-order valence-corrected chi connectivity index (χ0v) is 10.5. The highest BCUT2D eigenvalue weighted by atomic mass is 16.3. The first-order chi connectivity index (χ1) is 7.90. The Labute approximate surface area is 98.9 Å². The van der Waals surface area contributed by atoms with Crippen molar-refractivity contribution in [3.05, 3.63) is 26.4 Å². The summed E-state index contributed by atoms with van der Waals surface area (Å²) in [6.45, 7) is 3.88. The van der Waals surface area contributed by atoms with Crippen LogP contribution in [0.15, 0.2) is 14.6 Å². The largest absolute Gasteiger partial charge is 0.494 e. The third-order valence-electron chi connectivity index (χ3n) is 2.72. The fraction of sp³-hybridized carbons (Fsp3) is 0.545. The molecular weight excluding hydrogens is 222 g/mol. The van der Waals surface area contributed by atoms with Gasteiger partial charge in [-0.05, 0) is 13.3 Å². The zero-order chi connectivity index (χ0) is 13.2. The van der Waals surface area contributed by atoms with Crippen molar-refractivity contribution in [1.29, 1.82) is 0 Å². The molecule has 6 heteroatoms. The topological polar surface area (TPSA) is 76.6 Å². The normalized spacial score (nSPS) is 13.2. The smallest absolute Gasteiger partial charge is 0.333 e. The minimum absolute atomic E-state index is 0.0369. The van der Waals surface area contributed by atoms with Crippen molar-refractivity contribution in [2.45, 2.75) is 26.3 Å². The average molecular weight is 239 g/mol. The van der Waals surface area contributed by atoms with Gasteiger partial charge in [0.2, 0.25) is 5.88 Å². The van der Waals surface area contributed by atoms with E-state index < -0.39 is 11.2 Å². The van der Waals surface area contributed by atoms with Crippen molar-refractivity contribution in [1.82, 2.24) is 9.13 Å². The van der Waals surface area contributed by atoms with Gasteiger partial charge < -0.3 is 5.11 Å². The highest BCUT2D eigenvalue weighted by Crippen LogP contribution is 2.06. The molecule has 0 bridgehead atoms. The predicted octanol–water partition coefficient (Wildman–Crippen LogP) is 0.00700. The quantitative estimate of drug-likeness (QED) is 0.755. The number of hydrogen-bond acceptors (Lipinski definition) is 4. The summed E-state index contributed by atoms with van der Waals surface area (Å²) in [7, 11) is 2.77. The molecule has 6 nitrogen and oxygen atoms in total. The Morgan fingerprint density at radius 2 is 1.94 bits per heavy atom. The van der Waals surface area contributed by atoms with Gasteiger partial charge in [0.25, 0.3) is 5.56 Å². The van der Waals surface area contributed by atoms with E-state index >= 15 is 0 Å². The summed E-state index contributed by atoms with van der Waals surface area (Å²) in [5.41, 5.74) is -1.07. The van der Waals surface area contributed by atoms with Gasteiger partial charge in [0.05, 0.1) is 0 Å². The summed E-state index contributed by atoms with van der Waals surface area (Å²) >= 11 is 0. The minimum Gasteiger partial charge on any atom is -0.494 e. The summed E-state index contributed by atoms with van der Waals surface area (Å²) in [4.78, 5) is 27.4. The molecule has 0 aliphatic carbocycles. The number of aromatic nitrogens is 2. The molecule has 1 atom stereocenters. The van der Waals surface area contributed by atoms with E-state index in [0.29, 0.717) is 0 Å². The number of aliphatic imine (C=N–C) groups is 1. The fourth-order valence-corrected chi connectivity index (χ4v) is 1.28. The molecule has 0 radical (unpaired) electrons. The first-order valence-electron chi connectivity index (χ1n) is 5.42. The van der Waals surface area contributed by atoms with Crippen molar-refractivity contribution in [2.75, 3.05) is 0 Å². The monoisotopic (exact) mass is 239 g/mol. The molecule has 1 N–H and O–H groups in total. The molecule has 17 heavy (non-hydrogen) atoms. The maximum absolute atomic E-state index is 11.8. The summed E-state index contributed by atoms with van der Waals surface area (Å²) in [5, 5.41) is 9.73. The first kappa shape index (κ1) is 13.2.